The average molecular weight is 512 g/mol. The molecule has 2 unspecified atom stereocenters. The van der Waals surface area contributed by atoms with E-state index in [-0.39, 0.29) is 12.0 Å². The standard InChI is InChI=1S/C37H25N3/c38-24-27-13-4-7-17-32(27)40-36-23-26(25-11-2-1-3-12-25)21-22-30(36)31-16-10-20-35(37(31)40)39-33-18-8-5-14-28(33)29-15-6-9-19-34(29)39/h1-23,30,36H. The van der Waals surface area contributed by atoms with Gasteiger partial charge in [-0.2, -0.15) is 5.26 Å². The second-order valence-electron chi connectivity index (χ2n) is 10.4. The fraction of sp³-hybridized carbons (Fsp3) is 0.0541. The van der Waals surface area contributed by atoms with Crippen LogP contribution in [0.3, 0.4) is 0 Å². The van der Waals surface area contributed by atoms with Crippen LogP contribution >= 0.6 is 0 Å². The Labute approximate surface area is 233 Å². The maximum atomic E-state index is 10.2. The predicted molar refractivity (Wildman–Crippen MR) is 164 cm³/mol. The molecule has 3 nitrogen and oxygen atoms in total. The molecule has 0 bridgehead atoms. The first-order valence-electron chi connectivity index (χ1n) is 13.7. The van der Waals surface area contributed by atoms with Crippen molar-refractivity contribution in [1.29, 1.82) is 5.26 Å². The van der Waals surface area contributed by atoms with Crippen molar-refractivity contribution >= 4 is 38.8 Å². The van der Waals surface area contributed by atoms with Crippen LogP contribution < -0.4 is 4.90 Å². The lowest BCUT2D eigenvalue weighted by molar-refractivity contribution is 0.746. The van der Waals surface area contributed by atoms with Gasteiger partial charge in [-0.1, -0.05) is 109 Å². The molecular weight excluding hydrogens is 486 g/mol. The van der Waals surface area contributed by atoms with Crippen LogP contribution in [0.2, 0.25) is 0 Å². The number of hydrogen-bond acceptors (Lipinski definition) is 2. The molecule has 1 aromatic heterocycles. The molecule has 1 aliphatic heterocycles. The van der Waals surface area contributed by atoms with Gasteiger partial charge in [-0.3, -0.25) is 0 Å². The van der Waals surface area contributed by atoms with Crippen molar-refractivity contribution in [3.8, 4) is 11.8 Å². The van der Waals surface area contributed by atoms with Gasteiger partial charge in [0.1, 0.15) is 6.07 Å². The molecular formula is C37H25N3. The predicted octanol–water partition coefficient (Wildman–Crippen LogP) is 8.91. The minimum absolute atomic E-state index is 0.0407. The van der Waals surface area contributed by atoms with Gasteiger partial charge in [0.05, 0.1) is 39.7 Å². The summed E-state index contributed by atoms with van der Waals surface area (Å²) in [6, 6.07) is 45.0. The molecule has 0 amide bonds. The van der Waals surface area contributed by atoms with Crippen molar-refractivity contribution in [2.45, 2.75) is 12.0 Å². The minimum atomic E-state index is 0.0407. The molecule has 2 heterocycles. The Bertz CT molecular complexity index is 1980. The number of nitrogens with zero attached hydrogens (tertiary/aromatic N) is 3. The molecule has 0 saturated heterocycles. The van der Waals surface area contributed by atoms with Gasteiger partial charge in [0.15, 0.2) is 0 Å². The second-order valence-corrected chi connectivity index (χ2v) is 10.4. The van der Waals surface area contributed by atoms with E-state index in [0.29, 0.717) is 5.56 Å². The quantitative estimate of drug-likeness (QED) is 0.238. The summed E-state index contributed by atoms with van der Waals surface area (Å²) in [4.78, 5) is 2.41. The molecule has 0 fully saturated rings. The molecule has 40 heavy (non-hydrogen) atoms. The van der Waals surface area contributed by atoms with Gasteiger partial charge < -0.3 is 9.47 Å². The van der Waals surface area contributed by atoms with E-state index in [1.54, 1.807) is 0 Å². The van der Waals surface area contributed by atoms with Gasteiger partial charge in [0.25, 0.3) is 0 Å². The largest absolute Gasteiger partial charge is 0.330 e. The second kappa shape index (κ2) is 8.86. The van der Waals surface area contributed by atoms with Crippen LogP contribution in [0.1, 0.15) is 22.6 Å². The van der Waals surface area contributed by atoms with E-state index in [2.05, 4.69) is 137 Å². The average Bonchev–Trinajstić information content (AvgIpc) is 3.54. The number of anilines is 2. The number of fused-ring (bicyclic) bond motifs is 6. The molecule has 8 rings (SSSR count). The lowest BCUT2D eigenvalue weighted by Crippen LogP contribution is -2.30. The first-order chi connectivity index (χ1) is 19.8. The zero-order valence-electron chi connectivity index (χ0n) is 21.8. The molecule has 2 atom stereocenters. The van der Waals surface area contributed by atoms with E-state index in [1.807, 2.05) is 18.2 Å². The van der Waals surface area contributed by atoms with Gasteiger partial charge in [-0.25, -0.2) is 0 Å². The smallest absolute Gasteiger partial charge is 0.101 e. The SMILES string of the molecule is N#Cc1ccccc1N1c2c(cccc2-n2c3ccccc3c3ccccc32)C2C=CC(c3ccccc3)=CC21. The molecule has 0 N–H and O–H groups in total. The summed E-state index contributed by atoms with van der Waals surface area (Å²) in [5.74, 6) is 0.169. The van der Waals surface area contributed by atoms with E-state index in [4.69, 9.17) is 0 Å². The topological polar surface area (TPSA) is 32.0 Å². The number of hydrogen-bond donors (Lipinski definition) is 0. The first-order valence-corrected chi connectivity index (χ1v) is 13.7. The maximum Gasteiger partial charge on any atom is 0.101 e. The van der Waals surface area contributed by atoms with E-state index in [9.17, 15) is 5.26 Å². The third-order valence-corrected chi connectivity index (χ3v) is 8.36. The van der Waals surface area contributed by atoms with Crippen molar-refractivity contribution in [3.05, 3.63) is 156 Å². The Morgan fingerprint density at radius 3 is 2.02 bits per heavy atom. The van der Waals surface area contributed by atoms with Crippen molar-refractivity contribution in [1.82, 2.24) is 4.57 Å². The molecule has 5 aromatic carbocycles. The van der Waals surface area contributed by atoms with Crippen LogP contribution in [-0.4, -0.2) is 10.6 Å². The monoisotopic (exact) mass is 511 g/mol. The summed E-state index contributed by atoms with van der Waals surface area (Å²) < 4.78 is 2.40. The molecule has 0 radical (unpaired) electrons. The molecule has 2 aliphatic rings. The Kier molecular flexibility index (Phi) is 5.02. The van der Waals surface area contributed by atoms with Crippen LogP contribution in [0.25, 0.3) is 33.1 Å². The molecule has 6 aromatic rings. The highest BCUT2D eigenvalue weighted by atomic mass is 15.2. The highest BCUT2D eigenvalue weighted by molar-refractivity contribution is 6.10. The summed E-state index contributed by atoms with van der Waals surface area (Å²) in [5.41, 5.74) is 9.92. The van der Waals surface area contributed by atoms with Crippen LogP contribution in [0.4, 0.5) is 11.4 Å². The third kappa shape index (κ3) is 3.23. The lowest BCUT2D eigenvalue weighted by atomic mass is 9.86. The van der Waals surface area contributed by atoms with E-state index in [0.717, 1.165) is 17.1 Å². The molecule has 0 spiro atoms. The molecule has 188 valence electrons. The summed E-state index contributed by atoms with van der Waals surface area (Å²) in [6.07, 6.45) is 6.98. The zero-order valence-corrected chi connectivity index (χ0v) is 21.8. The van der Waals surface area contributed by atoms with Gasteiger partial charge in [-0.05, 0) is 47.0 Å². The molecule has 0 saturated carbocycles. The van der Waals surface area contributed by atoms with Crippen LogP contribution in [0.5, 0.6) is 0 Å². The molecule has 3 heteroatoms. The number of aromatic nitrogens is 1. The van der Waals surface area contributed by atoms with Crippen LogP contribution in [-0.2, 0) is 0 Å². The fourth-order valence-corrected chi connectivity index (χ4v) is 6.66. The molecule has 1 aliphatic carbocycles. The number of para-hydroxylation sites is 4. The Morgan fingerprint density at radius 2 is 1.27 bits per heavy atom. The highest BCUT2D eigenvalue weighted by Crippen LogP contribution is 2.52. The summed E-state index contributed by atoms with van der Waals surface area (Å²) in [5, 5.41) is 12.7. The lowest BCUT2D eigenvalue weighted by Gasteiger charge is -2.31. The maximum absolute atomic E-state index is 10.2. The summed E-state index contributed by atoms with van der Waals surface area (Å²) >= 11 is 0. The third-order valence-electron chi connectivity index (χ3n) is 8.36. The van der Waals surface area contributed by atoms with Gasteiger partial charge in [-0.15, -0.1) is 0 Å². The van der Waals surface area contributed by atoms with E-state index in [1.165, 1.54) is 38.5 Å². The normalized spacial score (nSPS) is 17.5. The van der Waals surface area contributed by atoms with Gasteiger partial charge >= 0.3 is 0 Å². The number of rotatable bonds is 3. The number of allylic oxidation sites excluding steroid dienone is 2. The summed E-state index contributed by atoms with van der Waals surface area (Å²) in [7, 11) is 0. The summed E-state index contributed by atoms with van der Waals surface area (Å²) in [6.45, 7) is 0. The van der Waals surface area contributed by atoms with Crippen molar-refractivity contribution in [2.75, 3.05) is 4.90 Å². The van der Waals surface area contributed by atoms with Crippen molar-refractivity contribution in [2.24, 2.45) is 0 Å². The zero-order chi connectivity index (χ0) is 26.6. The number of nitriles is 1. The Balaban J connectivity index is 1.43. The van der Waals surface area contributed by atoms with Crippen LogP contribution in [0, 0.1) is 11.3 Å². The number of benzene rings is 5. The van der Waals surface area contributed by atoms with Crippen molar-refractivity contribution < 1.29 is 0 Å². The van der Waals surface area contributed by atoms with Gasteiger partial charge in [0, 0.05) is 16.7 Å². The van der Waals surface area contributed by atoms with Gasteiger partial charge in [0.2, 0.25) is 0 Å². The van der Waals surface area contributed by atoms with E-state index < -0.39 is 0 Å². The Hall–Kier alpha value is -5.33. The van der Waals surface area contributed by atoms with Crippen LogP contribution in [0.15, 0.2) is 140 Å². The minimum Gasteiger partial charge on any atom is -0.330 e. The Morgan fingerprint density at radius 1 is 0.625 bits per heavy atom. The van der Waals surface area contributed by atoms with E-state index >= 15 is 0 Å². The first kappa shape index (κ1) is 22.6. The fourth-order valence-electron chi connectivity index (χ4n) is 6.66. The highest BCUT2D eigenvalue weighted by Gasteiger charge is 2.41. The van der Waals surface area contributed by atoms with Crippen molar-refractivity contribution in [3.63, 3.8) is 0 Å².